The van der Waals surface area contributed by atoms with E-state index in [2.05, 4.69) is 0 Å². The van der Waals surface area contributed by atoms with Crippen LogP contribution in [0.4, 0.5) is 0 Å². The Morgan fingerprint density at radius 2 is 1.00 bits per heavy atom. The Morgan fingerprint density at radius 1 is 0.900 bits per heavy atom. The molecule has 0 aromatic rings. The molecule has 52 valence electrons. The van der Waals surface area contributed by atoms with Gasteiger partial charge < -0.3 is 13.1 Å². The van der Waals surface area contributed by atoms with E-state index >= 15 is 0 Å². The molecular weight excluding hydrogens is 212 g/mol. The van der Waals surface area contributed by atoms with Gasteiger partial charge in [0.05, 0.1) is 0 Å². The molecule has 2 N–H and O–H groups in total. The van der Waals surface area contributed by atoms with Crippen molar-refractivity contribution in [2.45, 2.75) is 0 Å². The van der Waals surface area contributed by atoms with E-state index in [0.717, 1.165) is 0 Å². The number of aliphatic carboxylic acids is 2. The van der Waals surface area contributed by atoms with E-state index in [1.807, 2.05) is 0 Å². The predicted octanol–water partition coefficient (Wildman–Crippen LogP) is -6.62. The predicted molar refractivity (Wildman–Crippen MR) is 17.5 cm³/mol. The molecular formula is C2H4Li2Mn2O4. The fraction of sp³-hybridized carbons (Fsp3) is 0. The fourth-order valence-electron chi connectivity index (χ4n) is 0. The van der Waals surface area contributed by atoms with Crippen LogP contribution in [-0.4, -0.2) is 22.2 Å². The standard InChI is InChI=1S/C2H2O4.2Li.2Mn.2H/c3-1(4)2(5)6;;;;;;/h(H,3,4)(H,5,6);;;;;;/q;2*+1;;;2*-1. The number of carbonyl (C=O) groups is 2. The van der Waals surface area contributed by atoms with Gasteiger partial charge in [-0.3, -0.25) is 0 Å². The van der Waals surface area contributed by atoms with Crippen molar-refractivity contribution in [3.05, 3.63) is 0 Å². The van der Waals surface area contributed by atoms with Crippen LogP contribution in [0.5, 0.6) is 0 Å². The third-order valence-corrected chi connectivity index (χ3v) is 0.183. The second-order valence-electron chi connectivity index (χ2n) is 0.610. The second kappa shape index (κ2) is 16.6. The summed E-state index contributed by atoms with van der Waals surface area (Å²) in [5.41, 5.74) is 0. The van der Waals surface area contributed by atoms with Gasteiger partial charge in [0.25, 0.3) is 0 Å². The molecule has 8 heteroatoms. The van der Waals surface area contributed by atoms with Crippen LogP contribution < -0.4 is 37.7 Å². The van der Waals surface area contributed by atoms with Gasteiger partial charge in [-0.2, -0.15) is 0 Å². The van der Waals surface area contributed by atoms with E-state index in [-0.39, 0.29) is 74.7 Å². The third-order valence-electron chi connectivity index (χ3n) is 0.183. The number of hydrogen-bond donors (Lipinski definition) is 2. The Bertz CT molecular complexity index is 93.1. The minimum Gasteiger partial charge on any atom is -1.00 e. The van der Waals surface area contributed by atoms with Gasteiger partial charge in [0.2, 0.25) is 0 Å². The first kappa shape index (κ1) is 30.3. The third kappa shape index (κ3) is 22.9. The van der Waals surface area contributed by atoms with Gasteiger partial charge >= 0.3 is 49.7 Å². The molecule has 2 radical (unpaired) electrons. The molecule has 0 unspecified atom stereocenters. The average Bonchev–Trinajstić information content (AvgIpc) is 1.36. The molecule has 0 heterocycles. The summed E-state index contributed by atoms with van der Waals surface area (Å²) in [5, 5.41) is 14.8. The fourth-order valence-corrected chi connectivity index (χ4v) is 0. The van der Waals surface area contributed by atoms with Crippen LogP contribution in [0.25, 0.3) is 0 Å². The Labute approximate surface area is 106 Å². The van der Waals surface area contributed by atoms with Crippen LogP contribution in [0.3, 0.4) is 0 Å². The Kier molecular flexibility index (Phi) is 50.5. The smallest absolute Gasteiger partial charge is 1.00 e. The molecule has 0 saturated carbocycles. The average molecular weight is 216 g/mol. The largest absolute Gasteiger partial charge is 1.00 e. The zero-order valence-corrected chi connectivity index (χ0v) is 7.83. The van der Waals surface area contributed by atoms with E-state index in [4.69, 9.17) is 19.8 Å². The summed E-state index contributed by atoms with van der Waals surface area (Å²) in [5.74, 6) is -3.65. The Balaban J connectivity index is -0.00000000833. The van der Waals surface area contributed by atoms with Crippen LogP contribution >= 0.6 is 0 Å². The summed E-state index contributed by atoms with van der Waals surface area (Å²) in [4.78, 5) is 18.2. The van der Waals surface area contributed by atoms with Crippen molar-refractivity contribution in [1.82, 2.24) is 0 Å². The molecule has 0 amide bonds. The first-order valence-corrected chi connectivity index (χ1v) is 1.11. The minimum absolute atomic E-state index is 0. The van der Waals surface area contributed by atoms with E-state index in [9.17, 15) is 0 Å². The first-order valence-electron chi connectivity index (χ1n) is 1.11. The van der Waals surface area contributed by atoms with E-state index in [1.54, 1.807) is 0 Å². The molecule has 0 aliphatic carbocycles. The van der Waals surface area contributed by atoms with Crippen LogP contribution in [-0.2, 0) is 43.7 Å². The first-order chi connectivity index (χ1) is 2.64. The molecule has 0 bridgehead atoms. The summed E-state index contributed by atoms with van der Waals surface area (Å²) < 4.78 is 0. The molecule has 0 aromatic carbocycles. The van der Waals surface area contributed by atoms with Crippen molar-refractivity contribution >= 4 is 11.9 Å². The summed E-state index contributed by atoms with van der Waals surface area (Å²) in [7, 11) is 0. The molecule has 0 aromatic heterocycles. The normalized spacial score (nSPS) is 4.40. The molecule has 4 nitrogen and oxygen atoms in total. The molecule has 0 aliphatic heterocycles. The van der Waals surface area contributed by atoms with E-state index in [0.29, 0.717) is 0 Å². The van der Waals surface area contributed by atoms with Crippen molar-refractivity contribution < 1.29 is 94.5 Å². The number of rotatable bonds is 0. The van der Waals surface area contributed by atoms with Gasteiger partial charge in [-0.15, -0.1) is 0 Å². The summed E-state index contributed by atoms with van der Waals surface area (Å²) in [6.07, 6.45) is 0. The van der Waals surface area contributed by atoms with Crippen LogP contribution in [0.15, 0.2) is 0 Å². The molecule has 10 heavy (non-hydrogen) atoms. The van der Waals surface area contributed by atoms with Crippen LogP contribution in [0.1, 0.15) is 2.85 Å². The quantitative estimate of drug-likeness (QED) is 0.311. The summed E-state index contributed by atoms with van der Waals surface area (Å²) >= 11 is 0. The van der Waals surface area contributed by atoms with Crippen molar-refractivity contribution in [2.24, 2.45) is 0 Å². The molecule has 0 aliphatic rings. The number of hydrogen-bond acceptors (Lipinski definition) is 2. The summed E-state index contributed by atoms with van der Waals surface area (Å²) in [6.45, 7) is 0. The minimum atomic E-state index is -1.82. The molecule has 0 atom stereocenters. The molecule has 0 spiro atoms. The topological polar surface area (TPSA) is 74.6 Å². The van der Waals surface area contributed by atoms with Crippen molar-refractivity contribution in [2.75, 3.05) is 0 Å². The zero-order valence-electron chi connectivity index (χ0n) is 7.47. The number of carboxylic acid groups (broad SMARTS) is 2. The van der Waals surface area contributed by atoms with Crippen molar-refractivity contribution in [3.8, 4) is 0 Å². The maximum absolute atomic E-state index is 9.10. The van der Waals surface area contributed by atoms with Gasteiger partial charge in [0, 0.05) is 34.1 Å². The monoisotopic (exact) mass is 216 g/mol. The maximum Gasteiger partial charge on any atom is 1.00 e. The molecule has 0 rings (SSSR count). The zero-order chi connectivity index (χ0) is 5.15. The van der Waals surface area contributed by atoms with E-state index < -0.39 is 11.9 Å². The molecule has 0 fully saturated rings. The summed E-state index contributed by atoms with van der Waals surface area (Å²) in [6, 6.07) is 0. The van der Waals surface area contributed by atoms with Crippen molar-refractivity contribution in [1.29, 1.82) is 0 Å². The Hall–Kier alpha value is 1.17. The van der Waals surface area contributed by atoms with Crippen LogP contribution in [0, 0.1) is 0 Å². The second-order valence-corrected chi connectivity index (χ2v) is 0.610. The van der Waals surface area contributed by atoms with Crippen molar-refractivity contribution in [3.63, 3.8) is 0 Å². The van der Waals surface area contributed by atoms with Gasteiger partial charge in [0.15, 0.2) is 0 Å². The van der Waals surface area contributed by atoms with E-state index in [1.165, 1.54) is 0 Å². The van der Waals surface area contributed by atoms with Gasteiger partial charge in [0.1, 0.15) is 0 Å². The van der Waals surface area contributed by atoms with Gasteiger partial charge in [-0.1, -0.05) is 0 Å². The SMILES string of the molecule is O=C(O)C(=O)O.[H-].[H-].[Li+].[Li+].[Mn].[Mn]. The van der Waals surface area contributed by atoms with Gasteiger partial charge in [-0.05, 0) is 0 Å². The van der Waals surface area contributed by atoms with Crippen LogP contribution in [0.2, 0.25) is 0 Å². The maximum atomic E-state index is 9.10. The molecule has 0 saturated heterocycles. The number of carboxylic acids is 2. The van der Waals surface area contributed by atoms with Gasteiger partial charge in [-0.25, -0.2) is 9.59 Å². The Morgan fingerprint density at radius 3 is 1.00 bits per heavy atom.